The monoisotopic (exact) mass is 391 g/mol. The van der Waals surface area contributed by atoms with Gasteiger partial charge < -0.3 is 19.7 Å². The number of rotatable bonds is 5. The Morgan fingerprint density at radius 3 is 2.46 bits per heavy atom. The van der Waals surface area contributed by atoms with Gasteiger partial charge in [-0.05, 0) is 56.4 Å². The number of aryl methyl sites for hydroxylation is 2. The van der Waals surface area contributed by atoms with Gasteiger partial charge in [0, 0.05) is 19.6 Å². The van der Waals surface area contributed by atoms with E-state index in [2.05, 4.69) is 24.8 Å². The third kappa shape index (κ3) is 5.69. The molecule has 1 aromatic carbocycles. The number of hydrogen-bond donors (Lipinski definition) is 2. The fourth-order valence-electron chi connectivity index (χ4n) is 4.54. The van der Waals surface area contributed by atoms with Gasteiger partial charge in [-0.1, -0.05) is 31.7 Å². The second kappa shape index (κ2) is 9.12. The molecule has 3 rings (SSSR count). The van der Waals surface area contributed by atoms with Crippen LogP contribution in [-0.4, -0.2) is 65.8 Å². The van der Waals surface area contributed by atoms with Gasteiger partial charge in [-0.15, -0.1) is 0 Å². The van der Waals surface area contributed by atoms with Crippen LogP contribution < -0.4 is 4.74 Å². The smallest absolute Gasteiger partial charge is 0.134 e. The predicted molar refractivity (Wildman–Crippen MR) is 111 cm³/mol. The molecule has 28 heavy (non-hydrogen) atoms. The van der Waals surface area contributed by atoms with E-state index in [0.717, 1.165) is 49.1 Å². The lowest BCUT2D eigenvalue weighted by atomic mass is 9.93. The minimum atomic E-state index is -1.08. The molecule has 2 N–H and O–H groups in total. The first-order chi connectivity index (χ1) is 13.3. The summed E-state index contributed by atoms with van der Waals surface area (Å²) in [6.45, 7) is 8.98. The highest BCUT2D eigenvalue weighted by Crippen LogP contribution is 2.29. The molecule has 1 heterocycles. The summed E-state index contributed by atoms with van der Waals surface area (Å²) >= 11 is 0. The molecule has 1 aromatic rings. The number of β-amino-alcohol motifs (C(OH)–C–C–N with tert-alkyl or cyclic N) is 2. The molecule has 0 amide bonds. The Balaban J connectivity index is 1.65. The average molecular weight is 392 g/mol. The Labute approximate surface area is 169 Å². The lowest BCUT2D eigenvalue weighted by molar-refractivity contribution is -0.0734. The zero-order valence-corrected chi connectivity index (χ0v) is 17.8. The highest BCUT2D eigenvalue weighted by Gasteiger charge is 2.37. The van der Waals surface area contributed by atoms with Gasteiger partial charge in [-0.2, -0.15) is 0 Å². The quantitative estimate of drug-likeness (QED) is 0.755. The lowest BCUT2D eigenvalue weighted by Crippen LogP contribution is -2.52. The second-order valence-electron chi connectivity index (χ2n) is 9.12. The van der Waals surface area contributed by atoms with E-state index in [9.17, 15) is 10.2 Å². The minimum absolute atomic E-state index is 0.186. The van der Waals surface area contributed by atoms with E-state index in [1.807, 2.05) is 13.0 Å². The molecule has 1 aliphatic carbocycles. The Morgan fingerprint density at radius 2 is 1.75 bits per heavy atom. The summed E-state index contributed by atoms with van der Waals surface area (Å²) in [5.74, 6) is 0.823. The summed E-state index contributed by atoms with van der Waals surface area (Å²) in [4.78, 5) is 2.16. The van der Waals surface area contributed by atoms with Gasteiger partial charge >= 0.3 is 0 Å². The van der Waals surface area contributed by atoms with Gasteiger partial charge in [0.05, 0.1) is 18.8 Å². The van der Waals surface area contributed by atoms with Crippen molar-refractivity contribution in [1.82, 2.24) is 4.90 Å². The molecule has 0 spiro atoms. The van der Waals surface area contributed by atoms with Crippen LogP contribution in [0.4, 0.5) is 0 Å². The first kappa shape index (κ1) is 21.6. The normalized spacial score (nSPS) is 26.5. The van der Waals surface area contributed by atoms with Gasteiger partial charge in [0.15, 0.2) is 0 Å². The summed E-state index contributed by atoms with van der Waals surface area (Å²) in [7, 11) is 0. The maximum Gasteiger partial charge on any atom is 0.134 e. The molecule has 5 heteroatoms. The first-order valence-electron chi connectivity index (χ1n) is 10.7. The highest BCUT2D eigenvalue weighted by atomic mass is 16.5. The van der Waals surface area contributed by atoms with Crippen molar-refractivity contribution < 1.29 is 19.7 Å². The summed E-state index contributed by atoms with van der Waals surface area (Å²) in [5, 5.41) is 22.3. The Bertz CT molecular complexity index is 654. The lowest BCUT2D eigenvalue weighted by Gasteiger charge is -2.36. The number of nitrogens with zero attached hydrogens (tertiary/aromatic N) is 1. The van der Waals surface area contributed by atoms with E-state index in [-0.39, 0.29) is 13.2 Å². The SMILES string of the molecule is Cc1cc(C)c(C)c(OC[C@@]2(O)COCCN(CC3(O)CCCCCC3)C2)c1. The predicted octanol–water partition coefficient (Wildman–Crippen LogP) is 3.14. The zero-order chi connectivity index (χ0) is 20.2. The maximum atomic E-state index is 11.2. The van der Waals surface area contributed by atoms with Crippen molar-refractivity contribution in [2.24, 2.45) is 0 Å². The third-order valence-corrected chi connectivity index (χ3v) is 6.25. The van der Waals surface area contributed by atoms with Crippen LogP contribution in [-0.2, 0) is 4.74 Å². The molecule has 1 saturated carbocycles. The van der Waals surface area contributed by atoms with Crippen molar-refractivity contribution >= 4 is 0 Å². The molecule has 2 fully saturated rings. The van der Waals surface area contributed by atoms with Gasteiger partial charge in [-0.3, -0.25) is 4.90 Å². The van der Waals surface area contributed by atoms with Crippen LogP contribution in [0.1, 0.15) is 55.2 Å². The topological polar surface area (TPSA) is 62.2 Å². The molecular weight excluding hydrogens is 354 g/mol. The van der Waals surface area contributed by atoms with Crippen LogP contribution in [0.5, 0.6) is 5.75 Å². The van der Waals surface area contributed by atoms with E-state index in [4.69, 9.17) is 9.47 Å². The van der Waals surface area contributed by atoms with Gasteiger partial charge in [-0.25, -0.2) is 0 Å². The Kier molecular flexibility index (Phi) is 7.02. The van der Waals surface area contributed by atoms with E-state index in [1.54, 1.807) is 0 Å². The zero-order valence-electron chi connectivity index (χ0n) is 17.8. The van der Waals surface area contributed by atoms with Crippen molar-refractivity contribution in [2.45, 2.75) is 70.5 Å². The molecule has 0 unspecified atom stereocenters. The number of hydrogen-bond acceptors (Lipinski definition) is 5. The van der Waals surface area contributed by atoms with E-state index < -0.39 is 11.2 Å². The molecule has 158 valence electrons. The molecule has 0 aromatic heterocycles. The van der Waals surface area contributed by atoms with Gasteiger partial charge in [0.2, 0.25) is 0 Å². The highest BCUT2D eigenvalue weighted by molar-refractivity contribution is 5.42. The fraction of sp³-hybridized carbons (Fsp3) is 0.739. The molecule has 1 atom stereocenters. The Hall–Kier alpha value is -1.14. The summed E-state index contributed by atoms with van der Waals surface area (Å²) in [6, 6.07) is 4.16. The molecule has 1 saturated heterocycles. The Morgan fingerprint density at radius 1 is 1.04 bits per heavy atom. The van der Waals surface area contributed by atoms with Crippen molar-refractivity contribution in [3.05, 3.63) is 28.8 Å². The van der Waals surface area contributed by atoms with Crippen molar-refractivity contribution in [1.29, 1.82) is 0 Å². The van der Waals surface area contributed by atoms with Crippen molar-refractivity contribution in [3.63, 3.8) is 0 Å². The molecule has 1 aliphatic heterocycles. The van der Waals surface area contributed by atoms with Crippen LogP contribution in [0.2, 0.25) is 0 Å². The summed E-state index contributed by atoms with van der Waals surface area (Å²) in [6.07, 6.45) is 6.28. The fourth-order valence-corrected chi connectivity index (χ4v) is 4.54. The van der Waals surface area contributed by atoms with Crippen LogP contribution in [0.15, 0.2) is 12.1 Å². The van der Waals surface area contributed by atoms with Gasteiger partial charge in [0.25, 0.3) is 0 Å². The molecule has 2 aliphatic rings. The average Bonchev–Trinajstić information content (AvgIpc) is 2.95. The number of aliphatic hydroxyl groups is 2. The molecule has 5 nitrogen and oxygen atoms in total. The summed E-state index contributed by atoms with van der Waals surface area (Å²) < 4.78 is 11.8. The third-order valence-electron chi connectivity index (χ3n) is 6.25. The van der Waals surface area contributed by atoms with Crippen molar-refractivity contribution in [2.75, 3.05) is 39.5 Å². The first-order valence-corrected chi connectivity index (χ1v) is 10.7. The van der Waals surface area contributed by atoms with E-state index >= 15 is 0 Å². The largest absolute Gasteiger partial charge is 0.490 e. The van der Waals surface area contributed by atoms with Gasteiger partial charge in [0.1, 0.15) is 18.0 Å². The molecule has 0 bridgehead atoms. The van der Waals surface area contributed by atoms with Crippen LogP contribution in [0, 0.1) is 20.8 Å². The van der Waals surface area contributed by atoms with Crippen LogP contribution in [0.3, 0.4) is 0 Å². The minimum Gasteiger partial charge on any atom is -0.490 e. The number of benzene rings is 1. The van der Waals surface area contributed by atoms with E-state index in [0.29, 0.717) is 19.7 Å². The van der Waals surface area contributed by atoms with Crippen LogP contribution >= 0.6 is 0 Å². The molecular formula is C23H37NO4. The standard InChI is InChI=1S/C23H37NO4/c1-18-12-19(2)20(3)21(13-18)28-17-23(26)15-24(10-11-27-16-23)14-22(25)8-6-4-5-7-9-22/h12-13,25-26H,4-11,14-17H2,1-3H3/t23-/m0/s1. The summed E-state index contributed by atoms with van der Waals surface area (Å²) in [5.41, 5.74) is 1.72. The second-order valence-corrected chi connectivity index (χ2v) is 9.12. The van der Waals surface area contributed by atoms with E-state index in [1.165, 1.54) is 18.4 Å². The maximum absolute atomic E-state index is 11.2. The number of ether oxygens (including phenoxy) is 2. The van der Waals surface area contributed by atoms with Crippen LogP contribution in [0.25, 0.3) is 0 Å². The van der Waals surface area contributed by atoms with Crippen molar-refractivity contribution in [3.8, 4) is 5.75 Å². The molecule has 0 radical (unpaired) electrons.